The number of amides is 2. The molecule has 1 aromatic carbocycles. The molecular weight excluding hydrogens is 294 g/mol. The van der Waals surface area contributed by atoms with Crippen LogP contribution >= 0.6 is 0 Å². The van der Waals surface area contributed by atoms with Crippen molar-refractivity contribution in [3.8, 4) is 5.75 Å². The van der Waals surface area contributed by atoms with Crippen molar-refractivity contribution in [1.29, 1.82) is 0 Å². The van der Waals surface area contributed by atoms with Crippen LogP contribution in [0.3, 0.4) is 0 Å². The van der Waals surface area contributed by atoms with Crippen LogP contribution in [0.2, 0.25) is 0 Å². The summed E-state index contributed by atoms with van der Waals surface area (Å²) < 4.78 is 5.74. The monoisotopic (exact) mass is 319 g/mol. The molecule has 2 unspecified atom stereocenters. The highest BCUT2D eigenvalue weighted by Crippen LogP contribution is 2.32. The number of nitrogens with one attached hydrogen (secondary N) is 3. The van der Waals surface area contributed by atoms with E-state index < -0.39 is 6.10 Å². The SMILES string of the molecule is CCC1Oc2cc(C(C)NC(=O)CCCNC)ccc2NC1=O. The first-order chi connectivity index (χ1) is 11.0. The topological polar surface area (TPSA) is 79.5 Å². The number of fused-ring (bicyclic) bond motifs is 1. The molecule has 126 valence electrons. The summed E-state index contributed by atoms with van der Waals surface area (Å²) in [6, 6.07) is 5.49. The Labute approximate surface area is 137 Å². The summed E-state index contributed by atoms with van der Waals surface area (Å²) in [4.78, 5) is 23.7. The Bertz CT molecular complexity index is 574. The Balaban J connectivity index is 2.01. The predicted octanol–water partition coefficient (Wildman–Crippen LogP) is 1.97. The lowest BCUT2D eigenvalue weighted by molar-refractivity contribution is -0.123. The smallest absolute Gasteiger partial charge is 0.265 e. The highest BCUT2D eigenvalue weighted by molar-refractivity contribution is 5.97. The molecule has 2 atom stereocenters. The molecule has 2 amide bonds. The molecule has 6 nitrogen and oxygen atoms in total. The van der Waals surface area contributed by atoms with Crippen molar-refractivity contribution in [2.24, 2.45) is 0 Å². The first kappa shape index (κ1) is 17.3. The van der Waals surface area contributed by atoms with Gasteiger partial charge >= 0.3 is 0 Å². The molecule has 2 rings (SSSR count). The molecule has 0 spiro atoms. The van der Waals surface area contributed by atoms with Gasteiger partial charge in [0.15, 0.2) is 6.10 Å². The van der Waals surface area contributed by atoms with Crippen LogP contribution in [0.25, 0.3) is 0 Å². The van der Waals surface area contributed by atoms with Gasteiger partial charge in [-0.2, -0.15) is 0 Å². The molecule has 1 aliphatic heterocycles. The summed E-state index contributed by atoms with van der Waals surface area (Å²) in [6.07, 6.45) is 1.48. The summed E-state index contributed by atoms with van der Waals surface area (Å²) in [5.41, 5.74) is 1.63. The minimum atomic E-state index is -0.454. The van der Waals surface area contributed by atoms with Crippen LogP contribution in [0, 0.1) is 0 Å². The maximum Gasteiger partial charge on any atom is 0.265 e. The summed E-state index contributed by atoms with van der Waals surface area (Å²) >= 11 is 0. The maximum absolute atomic E-state index is 11.9. The molecule has 6 heteroatoms. The number of benzene rings is 1. The van der Waals surface area contributed by atoms with Crippen LogP contribution in [0.5, 0.6) is 5.75 Å². The van der Waals surface area contributed by atoms with Gasteiger partial charge in [-0.25, -0.2) is 0 Å². The van der Waals surface area contributed by atoms with Crippen molar-refractivity contribution in [1.82, 2.24) is 10.6 Å². The number of carbonyl (C=O) groups is 2. The molecule has 0 aliphatic carbocycles. The Kier molecular flexibility index (Phi) is 5.98. The fourth-order valence-corrected chi connectivity index (χ4v) is 2.52. The Morgan fingerprint density at radius 2 is 2.22 bits per heavy atom. The minimum absolute atomic E-state index is 0.0335. The zero-order valence-electron chi connectivity index (χ0n) is 13.9. The standard InChI is InChI=1S/C17H25N3O3/c1-4-14-17(22)20-13-8-7-12(10-15(13)23-14)11(2)19-16(21)6-5-9-18-3/h7-8,10-11,14,18H,4-6,9H2,1-3H3,(H,19,21)(H,20,22). The van der Waals surface area contributed by atoms with Crippen molar-refractivity contribution < 1.29 is 14.3 Å². The molecule has 23 heavy (non-hydrogen) atoms. The van der Waals surface area contributed by atoms with Crippen molar-refractivity contribution in [2.45, 2.75) is 45.3 Å². The van der Waals surface area contributed by atoms with Crippen LogP contribution < -0.4 is 20.7 Å². The van der Waals surface area contributed by atoms with Crippen molar-refractivity contribution in [3.05, 3.63) is 23.8 Å². The molecule has 1 heterocycles. The van der Waals surface area contributed by atoms with Gasteiger partial charge < -0.3 is 20.7 Å². The lowest BCUT2D eigenvalue weighted by Crippen LogP contribution is -2.36. The third-order valence-electron chi connectivity index (χ3n) is 3.90. The highest BCUT2D eigenvalue weighted by atomic mass is 16.5. The number of ether oxygens (including phenoxy) is 1. The number of hydrogen-bond donors (Lipinski definition) is 3. The normalized spacial score (nSPS) is 17.7. The third-order valence-corrected chi connectivity index (χ3v) is 3.90. The average Bonchev–Trinajstić information content (AvgIpc) is 2.53. The Hall–Kier alpha value is -2.08. The molecule has 0 fully saturated rings. The summed E-state index contributed by atoms with van der Waals surface area (Å²) in [6.45, 7) is 4.68. The van der Waals surface area contributed by atoms with E-state index in [0.29, 0.717) is 24.3 Å². The quantitative estimate of drug-likeness (QED) is 0.671. The van der Waals surface area contributed by atoms with E-state index in [0.717, 1.165) is 18.5 Å². The molecule has 0 radical (unpaired) electrons. The van der Waals surface area contributed by atoms with Gasteiger partial charge in [0.2, 0.25) is 5.91 Å². The van der Waals surface area contributed by atoms with E-state index >= 15 is 0 Å². The van der Waals surface area contributed by atoms with E-state index in [1.165, 1.54) is 0 Å². The van der Waals surface area contributed by atoms with Crippen molar-refractivity contribution in [2.75, 3.05) is 18.9 Å². The van der Waals surface area contributed by atoms with Gasteiger partial charge in [-0.05, 0) is 51.1 Å². The van der Waals surface area contributed by atoms with E-state index in [-0.39, 0.29) is 17.9 Å². The van der Waals surface area contributed by atoms with Crippen LogP contribution in [-0.2, 0) is 9.59 Å². The fraction of sp³-hybridized carbons (Fsp3) is 0.529. The van der Waals surface area contributed by atoms with Gasteiger partial charge in [0.25, 0.3) is 5.91 Å². The van der Waals surface area contributed by atoms with Gasteiger partial charge in [0.1, 0.15) is 5.75 Å². The molecule has 1 aromatic rings. The number of hydrogen-bond acceptors (Lipinski definition) is 4. The van der Waals surface area contributed by atoms with Crippen LogP contribution in [0.15, 0.2) is 18.2 Å². The second-order valence-corrected chi connectivity index (χ2v) is 5.76. The van der Waals surface area contributed by atoms with E-state index in [9.17, 15) is 9.59 Å². The lowest BCUT2D eigenvalue weighted by Gasteiger charge is -2.26. The van der Waals surface area contributed by atoms with E-state index in [1.54, 1.807) is 0 Å². The molecule has 0 aromatic heterocycles. The van der Waals surface area contributed by atoms with Crippen molar-refractivity contribution >= 4 is 17.5 Å². The van der Waals surface area contributed by atoms with Gasteiger partial charge in [-0.3, -0.25) is 9.59 Å². The summed E-state index contributed by atoms with van der Waals surface area (Å²) in [7, 11) is 1.87. The molecule has 0 saturated heterocycles. The van der Waals surface area contributed by atoms with Crippen LogP contribution in [0.1, 0.15) is 44.7 Å². The van der Waals surface area contributed by atoms with Gasteiger partial charge in [0.05, 0.1) is 11.7 Å². The summed E-state index contributed by atoms with van der Waals surface area (Å²) in [5.74, 6) is 0.579. The lowest BCUT2D eigenvalue weighted by atomic mass is 10.1. The fourth-order valence-electron chi connectivity index (χ4n) is 2.52. The molecule has 1 aliphatic rings. The van der Waals surface area contributed by atoms with E-state index in [2.05, 4.69) is 16.0 Å². The largest absolute Gasteiger partial charge is 0.478 e. The molecule has 0 saturated carbocycles. The third kappa shape index (κ3) is 4.45. The van der Waals surface area contributed by atoms with Crippen LogP contribution in [-0.4, -0.2) is 31.5 Å². The second kappa shape index (κ2) is 7.97. The van der Waals surface area contributed by atoms with Gasteiger partial charge in [-0.15, -0.1) is 0 Å². The predicted molar refractivity (Wildman–Crippen MR) is 89.5 cm³/mol. The number of carbonyl (C=O) groups excluding carboxylic acids is 2. The number of anilines is 1. The zero-order valence-corrected chi connectivity index (χ0v) is 13.9. The average molecular weight is 319 g/mol. The van der Waals surface area contributed by atoms with Crippen LogP contribution in [0.4, 0.5) is 5.69 Å². The molecule has 3 N–H and O–H groups in total. The molecular formula is C17H25N3O3. The zero-order chi connectivity index (χ0) is 16.8. The molecule has 0 bridgehead atoms. The van der Waals surface area contributed by atoms with E-state index in [1.807, 2.05) is 39.1 Å². The van der Waals surface area contributed by atoms with Gasteiger partial charge in [0, 0.05) is 6.42 Å². The van der Waals surface area contributed by atoms with E-state index in [4.69, 9.17) is 4.74 Å². The maximum atomic E-state index is 11.9. The van der Waals surface area contributed by atoms with Gasteiger partial charge in [-0.1, -0.05) is 13.0 Å². The first-order valence-corrected chi connectivity index (χ1v) is 8.10. The van der Waals surface area contributed by atoms with Crippen molar-refractivity contribution in [3.63, 3.8) is 0 Å². The second-order valence-electron chi connectivity index (χ2n) is 5.76. The highest BCUT2D eigenvalue weighted by Gasteiger charge is 2.26. The summed E-state index contributed by atoms with van der Waals surface area (Å²) in [5, 5.41) is 8.85. The number of rotatable bonds is 7. The Morgan fingerprint density at radius 3 is 2.91 bits per heavy atom. The first-order valence-electron chi connectivity index (χ1n) is 8.10. The minimum Gasteiger partial charge on any atom is -0.478 e. The Morgan fingerprint density at radius 1 is 1.43 bits per heavy atom.